The topological polar surface area (TPSA) is 58.2 Å². The van der Waals surface area contributed by atoms with Crippen LogP contribution in [0.25, 0.3) is 0 Å². The molecule has 20 heavy (non-hydrogen) atoms. The van der Waals surface area contributed by atoms with E-state index in [1.54, 1.807) is 0 Å². The first-order valence-corrected chi connectivity index (χ1v) is 9.06. The van der Waals surface area contributed by atoms with Crippen LogP contribution in [0.2, 0.25) is 0 Å². The van der Waals surface area contributed by atoms with Crippen molar-refractivity contribution in [1.82, 2.24) is 10.0 Å². The summed E-state index contributed by atoms with van der Waals surface area (Å²) >= 11 is 0. The van der Waals surface area contributed by atoms with E-state index in [0.717, 1.165) is 31.5 Å². The van der Waals surface area contributed by atoms with Gasteiger partial charge in [0.1, 0.15) is 0 Å². The second-order valence-corrected chi connectivity index (χ2v) is 7.81. The number of hydrogen-bond acceptors (Lipinski definition) is 3. The van der Waals surface area contributed by atoms with E-state index in [1.807, 2.05) is 6.07 Å². The van der Waals surface area contributed by atoms with Gasteiger partial charge < -0.3 is 5.32 Å². The predicted molar refractivity (Wildman–Crippen MR) is 79.6 cm³/mol. The van der Waals surface area contributed by atoms with Gasteiger partial charge in [0.05, 0.1) is 5.75 Å². The first-order chi connectivity index (χ1) is 9.62. The Balaban J connectivity index is 1.58. The minimum absolute atomic E-state index is 0.291. The van der Waals surface area contributed by atoms with Crippen LogP contribution in [-0.4, -0.2) is 14.2 Å². The third-order valence-corrected chi connectivity index (χ3v) is 5.82. The van der Waals surface area contributed by atoms with Crippen molar-refractivity contribution in [2.75, 3.05) is 5.75 Å². The smallest absolute Gasteiger partial charge is 0.212 e. The third kappa shape index (κ3) is 3.40. The highest BCUT2D eigenvalue weighted by atomic mass is 32.2. The van der Waals surface area contributed by atoms with Gasteiger partial charge in [-0.1, -0.05) is 31.0 Å². The summed E-state index contributed by atoms with van der Waals surface area (Å²) in [4.78, 5) is 0. The van der Waals surface area contributed by atoms with Crippen LogP contribution in [0.5, 0.6) is 0 Å². The van der Waals surface area contributed by atoms with Crippen LogP contribution < -0.4 is 10.0 Å². The molecule has 110 valence electrons. The zero-order valence-corrected chi connectivity index (χ0v) is 12.5. The Hall–Kier alpha value is -0.910. The highest BCUT2D eigenvalue weighted by Crippen LogP contribution is 2.25. The molecule has 0 bridgehead atoms. The maximum atomic E-state index is 12.1. The minimum atomic E-state index is -3.14. The van der Waals surface area contributed by atoms with Crippen molar-refractivity contribution in [1.29, 1.82) is 0 Å². The maximum absolute atomic E-state index is 12.1. The Labute approximate surface area is 121 Å². The van der Waals surface area contributed by atoms with Gasteiger partial charge in [0.15, 0.2) is 0 Å². The van der Waals surface area contributed by atoms with E-state index < -0.39 is 10.0 Å². The summed E-state index contributed by atoms with van der Waals surface area (Å²) in [6, 6.07) is 6.22. The van der Waals surface area contributed by atoms with E-state index in [4.69, 9.17) is 0 Å². The molecule has 0 radical (unpaired) electrons. The Morgan fingerprint density at radius 2 is 1.90 bits per heavy atom. The van der Waals surface area contributed by atoms with Crippen molar-refractivity contribution in [2.24, 2.45) is 5.92 Å². The zero-order valence-electron chi connectivity index (χ0n) is 11.7. The maximum Gasteiger partial charge on any atom is 0.212 e. The van der Waals surface area contributed by atoms with Crippen LogP contribution in [0.1, 0.15) is 42.4 Å². The molecule has 0 amide bonds. The monoisotopic (exact) mass is 294 g/mol. The fourth-order valence-corrected chi connectivity index (χ4v) is 4.66. The summed E-state index contributed by atoms with van der Waals surface area (Å²) in [6.07, 6.45) is 4.48. The molecule has 0 saturated heterocycles. The van der Waals surface area contributed by atoms with Crippen LogP contribution >= 0.6 is 0 Å². The van der Waals surface area contributed by atoms with Crippen molar-refractivity contribution in [2.45, 2.75) is 45.3 Å². The van der Waals surface area contributed by atoms with E-state index in [9.17, 15) is 8.42 Å². The lowest BCUT2D eigenvalue weighted by atomic mass is 10.1. The molecule has 1 saturated carbocycles. The second-order valence-electron chi connectivity index (χ2n) is 5.96. The number of sulfonamides is 1. The van der Waals surface area contributed by atoms with Gasteiger partial charge in [-0.05, 0) is 35.4 Å². The molecule has 2 N–H and O–H groups in total. The molecule has 0 aromatic heterocycles. The molecule has 1 fully saturated rings. The van der Waals surface area contributed by atoms with Crippen LogP contribution in [0.15, 0.2) is 18.2 Å². The fraction of sp³-hybridized carbons (Fsp3) is 0.600. The summed E-state index contributed by atoms with van der Waals surface area (Å²) in [5, 5.41) is 3.30. The van der Waals surface area contributed by atoms with Crippen molar-refractivity contribution in [3.8, 4) is 0 Å². The summed E-state index contributed by atoms with van der Waals surface area (Å²) < 4.78 is 26.9. The van der Waals surface area contributed by atoms with Crippen LogP contribution in [0, 0.1) is 5.92 Å². The van der Waals surface area contributed by atoms with Crippen molar-refractivity contribution in [3.05, 3.63) is 34.9 Å². The number of hydrogen-bond donors (Lipinski definition) is 2. The minimum Gasteiger partial charge on any atom is -0.309 e. The summed E-state index contributed by atoms with van der Waals surface area (Å²) in [5.74, 6) is 0.649. The molecule has 1 aliphatic heterocycles. The van der Waals surface area contributed by atoms with E-state index in [2.05, 4.69) is 22.2 Å². The predicted octanol–water partition coefficient (Wildman–Crippen LogP) is 1.90. The summed E-state index contributed by atoms with van der Waals surface area (Å²) in [6.45, 7) is 2.21. The van der Waals surface area contributed by atoms with Gasteiger partial charge in [0.25, 0.3) is 0 Å². The molecule has 3 rings (SSSR count). The molecule has 4 nitrogen and oxygen atoms in total. The van der Waals surface area contributed by atoms with Crippen LogP contribution in [0.4, 0.5) is 0 Å². The van der Waals surface area contributed by atoms with E-state index >= 15 is 0 Å². The number of benzene rings is 1. The lowest BCUT2D eigenvalue weighted by Crippen LogP contribution is -2.28. The summed E-state index contributed by atoms with van der Waals surface area (Å²) in [7, 11) is -3.14. The van der Waals surface area contributed by atoms with Gasteiger partial charge in [-0.2, -0.15) is 0 Å². The van der Waals surface area contributed by atoms with Gasteiger partial charge in [-0.3, -0.25) is 0 Å². The van der Waals surface area contributed by atoms with Gasteiger partial charge in [0.2, 0.25) is 10.0 Å². The van der Waals surface area contributed by atoms with Gasteiger partial charge in [0, 0.05) is 19.6 Å². The first-order valence-electron chi connectivity index (χ1n) is 7.41. The molecule has 0 atom stereocenters. The molecular weight excluding hydrogens is 272 g/mol. The van der Waals surface area contributed by atoms with Gasteiger partial charge >= 0.3 is 0 Å². The highest BCUT2D eigenvalue weighted by molar-refractivity contribution is 7.89. The molecule has 1 heterocycles. The highest BCUT2D eigenvalue weighted by Gasteiger charge is 2.22. The lowest BCUT2D eigenvalue weighted by molar-refractivity contribution is 0.547. The quantitative estimate of drug-likeness (QED) is 0.872. The Morgan fingerprint density at radius 1 is 1.15 bits per heavy atom. The molecule has 0 spiro atoms. The van der Waals surface area contributed by atoms with Crippen LogP contribution in [0.3, 0.4) is 0 Å². The van der Waals surface area contributed by atoms with Gasteiger partial charge in [-0.15, -0.1) is 0 Å². The van der Waals surface area contributed by atoms with Crippen LogP contribution in [-0.2, 0) is 29.7 Å². The second kappa shape index (κ2) is 5.84. The zero-order chi connectivity index (χ0) is 14.0. The Morgan fingerprint density at radius 3 is 2.70 bits per heavy atom. The molecule has 1 aromatic rings. The van der Waals surface area contributed by atoms with E-state index in [1.165, 1.54) is 24.0 Å². The van der Waals surface area contributed by atoms with Gasteiger partial charge in [-0.25, -0.2) is 13.1 Å². The SMILES string of the molecule is O=S(=O)(CC1CCCC1)NCc1ccc2c(c1)CNC2. The number of fused-ring (bicyclic) bond motifs is 1. The van der Waals surface area contributed by atoms with Crippen molar-refractivity contribution < 1.29 is 8.42 Å². The Bertz CT molecular complexity index is 578. The van der Waals surface area contributed by atoms with Crippen molar-refractivity contribution >= 4 is 10.0 Å². The Kier molecular flexibility index (Phi) is 4.10. The fourth-order valence-electron chi connectivity index (χ4n) is 3.20. The molecular formula is C15H22N2O2S. The standard InChI is InChI=1S/C15H22N2O2S/c18-20(19,11-12-3-1-2-4-12)17-8-13-5-6-14-9-16-10-15(14)7-13/h5-7,12,16-17H,1-4,8-11H2. The lowest BCUT2D eigenvalue weighted by Gasteiger charge is -2.11. The van der Waals surface area contributed by atoms with E-state index in [-0.39, 0.29) is 0 Å². The first kappa shape index (κ1) is 14.0. The number of nitrogens with one attached hydrogen (secondary N) is 2. The normalized spacial score (nSPS) is 19.4. The summed E-state index contributed by atoms with van der Waals surface area (Å²) in [5.41, 5.74) is 3.66. The van der Waals surface area contributed by atoms with E-state index in [0.29, 0.717) is 18.2 Å². The molecule has 2 aliphatic rings. The largest absolute Gasteiger partial charge is 0.309 e. The molecule has 5 heteroatoms. The average molecular weight is 294 g/mol. The average Bonchev–Trinajstić information content (AvgIpc) is 3.06. The third-order valence-electron chi connectivity index (χ3n) is 4.33. The molecule has 1 aliphatic carbocycles. The van der Waals surface area contributed by atoms with Crippen molar-refractivity contribution in [3.63, 3.8) is 0 Å². The molecule has 1 aromatic carbocycles. The molecule has 0 unspecified atom stereocenters. The number of rotatable bonds is 5.